The van der Waals surface area contributed by atoms with Crippen molar-refractivity contribution >= 4 is 0 Å². The standard InChI is InChI=1S/C23H30O4/c1-5-7-24-12-16(3)20-10-18-9-19-11-21(17(4)13-25-8-6-2)15-27-23(19)22(18)26-14-20/h5-6,10-11,18-19,22-23H,1-4,7-9,12-15H2/t18-,19+,22+,23-. The van der Waals surface area contributed by atoms with Gasteiger partial charge in [-0.2, -0.15) is 0 Å². The van der Waals surface area contributed by atoms with E-state index in [2.05, 4.69) is 38.5 Å². The largest absolute Gasteiger partial charge is 0.373 e. The van der Waals surface area contributed by atoms with E-state index >= 15 is 0 Å². The molecule has 0 amide bonds. The predicted octanol–water partition coefficient (Wildman–Crippen LogP) is 3.79. The van der Waals surface area contributed by atoms with Gasteiger partial charge < -0.3 is 18.9 Å². The molecule has 4 heteroatoms. The van der Waals surface area contributed by atoms with Crippen LogP contribution < -0.4 is 0 Å². The van der Waals surface area contributed by atoms with Gasteiger partial charge in [0.05, 0.1) is 51.8 Å². The van der Waals surface area contributed by atoms with Gasteiger partial charge in [-0.15, -0.1) is 13.2 Å². The number of fused-ring (bicyclic) bond motifs is 3. The molecule has 0 spiro atoms. The minimum Gasteiger partial charge on any atom is -0.373 e. The van der Waals surface area contributed by atoms with Crippen molar-refractivity contribution in [2.24, 2.45) is 11.8 Å². The Bertz CT molecular complexity index is 601. The SMILES string of the molecule is C=CCOCC(=C)C1=C[C@H]2C[C@H]3C=C(C(=C)COCC=C)CO[C@H]3[C@H]2OC1. The van der Waals surface area contributed by atoms with Crippen LogP contribution in [0.2, 0.25) is 0 Å². The van der Waals surface area contributed by atoms with Crippen molar-refractivity contribution < 1.29 is 18.9 Å². The van der Waals surface area contributed by atoms with Gasteiger partial charge in [-0.3, -0.25) is 0 Å². The summed E-state index contributed by atoms with van der Waals surface area (Å²) < 4.78 is 23.4. The lowest BCUT2D eigenvalue weighted by Crippen LogP contribution is -2.38. The van der Waals surface area contributed by atoms with E-state index in [0.29, 0.717) is 51.5 Å². The van der Waals surface area contributed by atoms with Crippen LogP contribution in [0.25, 0.3) is 0 Å². The van der Waals surface area contributed by atoms with E-state index in [-0.39, 0.29) is 12.2 Å². The highest BCUT2D eigenvalue weighted by Gasteiger charge is 2.46. The Morgan fingerprint density at radius 3 is 1.74 bits per heavy atom. The molecule has 0 radical (unpaired) electrons. The summed E-state index contributed by atoms with van der Waals surface area (Å²) in [4.78, 5) is 0. The fourth-order valence-corrected chi connectivity index (χ4v) is 3.97. The fourth-order valence-electron chi connectivity index (χ4n) is 3.97. The van der Waals surface area contributed by atoms with E-state index in [4.69, 9.17) is 18.9 Å². The lowest BCUT2D eigenvalue weighted by Gasteiger charge is -2.32. The normalized spacial score (nSPS) is 29.2. The zero-order valence-corrected chi connectivity index (χ0v) is 16.0. The minimum atomic E-state index is 0.115. The second-order valence-corrected chi connectivity index (χ2v) is 7.31. The average Bonchev–Trinajstić information content (AvgIpc) is 3.05. The Morgan fingerprint density at radius 1 is 0.889 bits per heavy atom. The molecule has 0 aromatic rings. The van der Waals surface area contributed by atoms with Gasteiger partial charge in [0.15, 0.2) is 0 Å². The van der Waals surface area contributed by atoms with Crippen molar-refractivity contribution in [3.05, 3.63) is 72.9 Å². The van der Waals surface area contributed by atoms with Crippen LogP contribution in [0.15, 0.2) is 72.9 Å². The molecule has 1 fully saturated rings. The molecule has 2 heterocycles. The average molecular weight is 370 g/mol. The summed E-state index contributed by atoms with van der Waals surface area (Å²) in [6, 6.07) is 0. The third-order valence-corrected chi connectivity index (χ3v) is 5.34. The minimum absolute atomic E-state index is 0.115. The van der Waals surface area contributed by atoms with Crippen LogP contribution in [-0.4, -0.2) is 51.8 Å². The summed E-state index contributed by atoms with van der Waals surface area (Å²) in [7, 11) is 0. The maximum absolute atomic E-state index is 6.17. The summed E-state index contributed by atoms with van der Waals surface area (Å²) in [5.74, 6) is 0.696. The van der Waals surface area contributed by atoms with Gasteiger partial charge in [-0.05, 0) is 28.7 Å². The van der Waals surface area contributed by atoms with Crippen molar-refractivity contribution in [1.29, 1.82) is 0 Å². The first-order valence-electron chi connectivity index (χ1n) is 9.52. The molecule has 1 saturated carbocycles. The molecule has 0 aromatic heterocycles. The highest BCUT2D eigenvalue weighted by atomic mass is 16.5. The second kappa shape index (κ2) is 9.47. The second-order valence-electron chi connectivity index (χ2n) is 7.31. The molecule has 0 saturated heterocycles. The van der Waals surface area contributed by atoms with Crippen molar-refractivity contribution in [3.63, 3.8) is 0 Å². The highest BCUT2D eigenvalue weighted by Crippen LogP contribution is 2.43. The molecule has 3 aliphatic rings. The molecular formula is C23H30O4. The Balaban J connectivity index is 1.61. The molecule has 1 aliphatic carbocycles. The first-order valence-corrected chi connectivity index (χ1v) is 9.52. The van der Waals surface area contributed by atoms with Gasteiger partial charge in [0, 0.05) is 11.8 Å². The number of hydrogen-bond donors (Lipinski definition) is 0. The Morgan fingerprint density at radius 2 is 1.33 bits per heavy atom. The van der Waals surface area contributed by atoms with Crippen LogP contribution in [-0.2, 0) is 18.9 Å². The van der Waals surface area contributed by atoms with Crippen molar-refractivity contribution in [1.82, 2.24) is 0 Å². The molecule has 0 bridgehead atoms. The van der Waals surface area contributed by atoms with Crippen LogP contribution in [0.4, 0.5) is 0 Å². The van der Waals surface area contributed by atoms with E-state index < -0.39 is 0 Å². The number of ether oxygens (including phenoxy) is 4. The maximum atomic E-state index is 6.17. The molecule has 0 aromatic carbocycles. The highest BCUT2D eigenvalue weighted by molar-refractivity contribution is 5.35. The summed E-state index contributed by atoms with van der Waals surface area (Å²) in [5.41, 5.74) is 4.25. The predicted molar refractivity (Wildman–Crippen MR) is 108 cm³/mol. The molecule has 2 aliphatic heterocycles. The van der Waals surface area contributed by atoms with Crippen molar-refractivity contribution in [2.45, 2.75) is 18.6 Å². The van der Waals surface area contributed by atoms with E-state index in [1.165, 1.54) is 0 Å². The molecule has 0 unspecified atom stereocenters. The molecule has 4 nitrogen and oxygen atoms in total. The number of hydrogen-bond acceptors (Lipinski definition) is 4. The van der Waals surface area contributed by atoms with Gasteiger partial charge >= 0.3 is 0 Å². The van der Waals surface area contributed by atoms with Crippen LogP contribution >= 0.6 is 0 Å². The first-order chi connectivity index (χ1) is 13.1. The summed E-state index contributed by atoms with van der Waals surface area (Å²) in [6.45, 7) is 18.8. The van der Waals surface area contributed by atoms with Crippen LogP contribution in [0.5, 0.6) is 0 Å². The Hall–Kier alpha value is -1.72. The van der Waals surface area contributed by atoms with Crippen molar-refractivity contribution in [3.8, 4) is 0 Å². The third kappa shape index (κ3) is 4.77. The Labute approximate surface area is 162 Å². The number of rotatable bonds is 10. The molecular weight excluding hydrogens is 340 g/mol. The van der Waals surface area contributed by atoms with Crippen molar-refractivity contribution in [2.75, 3.05) is 39.6 Å². The maximum Gasteiger partial charge on any atom is 0.0910 e. The fraction of sp³-hybridized carbons (Fsp3) is 0.478. The third-order valence-electron chi connectivity index (χ3n) is 5.34. The Kier molecular flexibility index (Phi) is 7.02. The van der Waals surface area contributed by atoms with Gasteiger partial charge in [-0.25, -0.2) is 0 Å². The zero-order valence-electron chi connectivity index (χ0n) is 16.0. The van der Waals surface area contributed by atoms with E-state index in [0.717, 1.165) is 28.7 Å². The van der Waals surface area contributed by atoms with Gasteiger partial charge in [0.2, 0.25) is 0 Å². The lowest BCUT2D eigenvalue weighted by atomic mass is 9.95. The van der Waals surface area contributed by atoms with E-state index in [1.54, 1.807) is 12.2 Å². The molecule has 0 N–H and O–H groups in total. The summed E-state index contributed by atoms with van der Waals surface area (Å²) >= 11 is 0. The van der Waals surface area contributed by atoms with E-state index in [1.807, 2.05) is 0 Å². The lowest BCUT2D eigenvalue weighted by molar-refractivity contribution is -0.0714. The molecule has 146 valence electrons. The van der Waals surface area contributed by atoms with Crippen LogP contribution in [0.3, 0.4) is 0 Å². The smallest absolute Gasteiger partial charge is 0.0910 e. The van der Waals surface area contributed by atoms with Crippen LogP contribution in [0, 0.1) is 11.8 Å². The summed E-state index contributed by atoms with van der Waals surface area (Å²) in [5, 5.41) is 0. The zero-order chi connectivity index (χ0) is 19.2. The van der Waals surface area contributed by atoms with E-state index in [9.17, 15) is 0 Å². The first kappa shape index (κ1) is 20.0. The topological polar surface area (TPSA) is 36.9 Å². The van der Waals surface area contributed by atoms with Gasteiger partial charge in [0.1, 0.15) is 0 Å². The van der Waals surface area contributed by atoms with Gasteiger partial charge in [0.25, 0.3) is 0 Å². The van der Waals surface area contributed by atoms with Crippen LogP contribution in [0.1, 0.15) is 6.42 Å². The molecule has 27 heavy (non-hydrogen) atoms. The van der Waals surface area contributed by atoms with Gasteiger partial charge in [-0.1, -0.05) is 37.5 Å². The molecule has 4 atom stereocenters. The monoisotopic (exact) mass is 370 g/mol. The quantitative estimate of drug-likeness (QED) is 0.433. The molecule has 3 rings (SSSR count). The summed E-state index contributed by atoms with van der Waals surface area (Å²) in [6.07, 6.45) is 9.36.